The largest absolute Gasteiger partial charge is 0.464 e. The van der Waals surface area contributed by atoms with Gasteiger partial charge in [-0.2, -0.15) is 13.2 Å². The van der Waals surface area contributed by atoms with Crippen molar-refractivity contribution in [3.05, 3.63) is 0 Å². The maximum atomic E-state index is 11.8. The van der Waals surface area contributed by atoms with Crippen LogP contribution in [0.3, 0.4) is 0 Å². The van der Waals surface area contributed by atoms with E-state index in [0.717, 1.165) is 0 Å². The van der Waals surface area contributed by atoms with E-state index < -0.39 is 30.0 Å². The fourth-order valence-corrected chi connectivity index (χ4v) is 1.77. The standard InChI is InChI=1S/C8H8F3NO3/c9-8(10,11)2-5(13)12-7-1-4(7)3-15-6(7)14/h4H,1-3H2,(H,12,13)/t4-,7-/m1/s1. The maximum Gasteiger partial charge on any atom is 0.397 e. The van der Waals surface area contributed by atoms with Crippen molar-refractivity contribution >= 4 is 11.9 Å². The molecule has 4 nitrogen and oxygen atoms in total. The van der Waals surface area contributed by atoms with Crippen molar-refractivity contribution < 1.29 is 27.5 Å². The minimum Gasteiger partial charge on any atom is -0.464 e. The Balaban J connectivity index is 1.93. The second-order valence-corrected chi connectivity index (χ2v) is 3.81. The second kappa shape index (κ2) is 2.86. The van der Waals surface area contributed by atoms with Crippen molar-refractivity contribution in [2.45, 2.75) is 24.6 Å². The van der Waals surface area contributed by atoms with Crippen molar-refractivity contribution in [1.82, 2.24) is 5.32 Å². The highest BCUT2D eigenvalue weighted by Crippen LogP contribution is 2.49. The van der Waals surface area contributed by atoms with Crippen molar-refractivity contribution in [1.29, 1.82) is 0 Å². The molecule has 1 heterocycles. The number of carbonyl (C=O) groups excluding carboxylic acids is 2. The topological polar surface area (TPSA) is 55.4 Å². The van der Waals surface area contributed by atoms with Gasteiger partial charge in [-0.3, -0.25) is 4.79 Å². The maximum absolute atomic E-state index is 11.8. The minimum absolute atomic E-state index is 0.151. The summed E-state index contributed by atoms with van der Waals surface area (Å²) < 4.78 is 40.1. The van der Waals surface area contributed by atoms with E-state index in [0.29, 0.717) is 6.42 Å². The Labute approximate surface area is 82.8 Å². The summed E-state index contributed by atoms with van der Waals surface area (Å²) in [4.78, 5) is 22.1. The molecule has 1 aliphatic heterocycles. The molecule has 0 radical (unpaired) electrons. The molecule has 0 bridgehead atoms. The summed E-state index contributed by atoms with van der Waals surface area (Å²) in [7, 11) is 0. The molecular formula is C8H8F3NO3. The van der Waals surface area contributed by atoms with Gasteiger partial charge in [0.15, 0.2) is 0 Å². The van der Waals surface area contributed by atoms with Crippen molar-refractivity contribution in [2.75, 3.05) is 6.61 Å². The van der Waals surface area contributed by atoms with Crippen LogP contribution in [-0.4, -0.2) is 30.2 Å². The lowest BCUT2D eigenvalue weighted by atomic mass is 10.2. The molecule has 1 saturated carbocycles. The fourth-order valence-electron chi connectivity index (χ4n) is 1.77. The van der Waals surface area contributed by atoms with E-state index in [2.05, 4.69) is 10.1 Å². The molecule has 0 spiro atoms. The van der Waals surface area contributed by atoms with Gasteiger partial charge in [-0.15, -0.1) is 0 Å². The second-order valence-electron chi connectivity index (χ2n) is 3.81. The number of alkyl halides is 3. The Morgan fingerprint density at radius 1 is 1.60 bits per heavy atom. The zero-order chi connectivity index (χ0) is 11.3. The summed E-state index contributed by atoms with van der Waals surface area (Å²) in [5.41, 5.74) is -1.15. The molecule has 0 aromatic carbocycles. The number of carbonyl (C=O) groups is 2. The molecule has 2 aliphatic rings. The summed E-state index contributed by atoms with van der Waals surface area (Å²) in [5.74, 6) is -1.95. The van der Waals surface area contributed by atoms with Gasteiger partial charge >= 0.3 is 12.1 Å². The van der Waals surface area contributed by atoms with Crippen molar-refractivity contribution in [3.63, 3.8) is 0 Å². The molecule has 84 valence electrons. The van der Waals surface area contributed by atoms with Gasteiger partial charge in [-0.05, 0) is 6.42 Å². The third-order valence-electron chi connectivity index (χ3n) is 2.61. The number of rotatable bonds is 2. The first-order chi connectivity index (χ1) is 6.83. The van der Waals surface area contributed by atoms with Gasteiger partial charge in [0.1, 0.15) is 12.0 Å². The molecule has 7 heteroatoms. The number of fused-ring (bicyclic) bond motifs is 1. The molecule has 0 unspecified atom stereocenters. The van der Waals surface area contributed by atoms with Crippen LogP contribution in [-0.2, 0) is 14.3 Å². The minimum atomic E-state index is -4.55. The number of hydrogen-bond donors (Lipinski definition) is 1. The van der Waals surface area contributed by atoms with Crippen LogP contribution < -0.4 is 5.32 Å². The van der Waals surface area contributed by atoms with Crippen LogP contribution in [0.5, 0.6) is 0 Å². The third-order valence-corrected chi connectivity index (χ3v) is 2.61. The normalized spacial score (nSPS) is 33.3. The fraction of sp³-hybridized carbons (Fsp3) is 0.750. The predicted molar refractivity (Wildman–Crippen MR) is 40.6 cm³/mol. The first-order valence-corrected chi connectivity index (χ1v) is 4.38. The summed E-state index contributed by atoms with van der Waals surface area (Å²) in [5, 5.41) is 2.10. The molecule has 0 aromatic heterocycles. The predicted octanol–water partition coefficient (Wildman–Crippen LogP) is 0.371. The molecule has 0 aromatic rings. The lowest BCUT2D eigenvalue weighted by molar-refractivity contribution is -0.157. The summed E-state index contributed by atoms with van der Waals surface area (Å²) >= 11 is 0. The number of esters is 1. The zero-order valence-corrected chi connectivity index (χ0v) is 7.56. The summed E-state index contributed by atoms with van der Waals surface area (Å²) in [6.45, 7) is 0.186. The number of cyclic esters (lactones) is 1. The first kappa shape index (κ1) is 10.3. The molecule has 1 amide bonds. The molecule has 1 saturated heterocycles. The van der Waals surface area contributed by atoms with E-state index in [1.807, 2.05) is 0 Å². The average molecular weight is 223 g/mol. The summed E-state index contributed by atoms with van der Waals surface area (Å²) in [6.07, 6.45) is -5.72. The van der Waals surface area contributed by atoms with Gasteiger partial charge in [0.05, 0.1) is 6.61 Å². The highest BCUT2D eigenvalue weighted by atomic mass is 19.4. The first-order valence-electron chi connectivity index (χ1n) is 4.38. The van der Waals surface area contributed by atoms with Crippen LogP contribution in [0, 0.1) is 5.92 Å². The van der Waals surface area contributed by atoms with E-state index in [4.69, 9.17) is 0 Å². The Hall–Kier alpha value is -1.27. The third kappa shape index (κ3) is 1.78. The van der Waals surface area contributed by atoms with Crippen molar-refractivity contribution in [3.8, 4) is 0 Å². The lowest BCUT2D eigenvalue weighted by Crippen LogP contribution is -2.44. The van der Waals surface area contributed by atoms with Crippen LogP contribution in [0.2, 0.25) is 0 Å². The zero-order valence-electron chi connectivity index (χ0n) is 7.56. The number of amides is 1. The molecule has 15 heavy (non-hydrogen) atoms. The Morgan fingerprint density at radius 3 is 2.67 bits per heavy atom. The van der Waals surface area contributed by atoms with Gasteiger partial charge in [-0.25, -0.2) is 4.79 Å². The quantitative estimate of drug-likeness (QED) is 0.688. The van der Waals surface area contributed by atoms with Crippen LogP contribution in [0.4, 0.5) is 13.2 Å². The highest BCUT2D eigenvalue weighted by Gasteiger charge is 2.67. The summed E-state index contributed by atoms with van der Waals surface area (Å²) in [6, 6.07) is 0. The molecule has 2 atom stereocenters. The van der Waals surface area contributed by atoms with E-state index in [9.17, 15) is 22.8 Å². The van der Waals surface area contributed by atoms with Crippen LogP contribution in [0.25, 0.3) is 0 Å². The van der Waals surface area contributed by atoms with E-state index in [1.165, 1.54) is 0 Å². The number of nitrogens with one attached hydrogen (secondary N) is 1. The Morgan fingerprint density at radius 2 is 2.27 bits per heavy atom. The monoisotopic (exact) mass is 223 g/mol. The highest BCUT2D eigenvalue weighted by molar-refractivity contribution is 5.93. The van der Waals surface area contributed by atoms with Crippen LogP contribution in [0.15, 0.2) is 0 Å². The van der Waals surface area contributed by atoms with Gasteiger partial charge < -0.3 is 10.1 Å². The van der Waals surface area contributed by atoms with Crippen molar-refractivity contribution in [2.24, 2.45) is 5.92 Å². The molecular weight excluding hydrogens is 215 g/mol. The van der Waals surface area contributed by atoms with Gasteiger partial charge in [-0.1, -0.05) is 0 Å². The van der Waals surface area contributed by atoms with Crippen LogP contribution in [0.1, 0.15) is 12.8 Å². The Kier molecular flexibility index (Phi) is 1.96. The number of hydrogen-bond acceptors (Lipinski definition) is 3. The molecule has 2 rings (SSSR count). The number of ether oxygens (including phenoxy) is 1. The van der Waals surface area contributed by atoms with Gasteiger partial charge in [0, 0.05) is 5.92 Å². The molecule has 1 aliphatic carbocycles. The number of halogens is 3. The Bertz CT molecular complexity index is 328. The van der Waals surface area contributed by atoms with Gasteiger partial charge in [0.25, 0.3) is 0 Å². The smallest absolute Gasteiger partial charge is 0.397 e. The van der Waals surface area contributed by atoms with E-state index >= 15 is 0 Å². The SMILES string of the molecule is O=C(CC(F)(F)F)N[C@]12C[C@@H]1COC2=O. The van der Waals surface area contributed by atoms with Gasteiger partial charge in [0.2, 0.25) is 5.91 Å². The molecule has 2 fully saturated rings. The van der Waals surface area contributed by atoms with E-state index in [-0.39, 0.29) is 12.5 Å². The molecule has 1 N–H and O–H groups in total. The average Bonchev–Trinajstić information content (AvgIpc) is 2.64. The lowest BCUT2D eigenvalue weighted by Gasteiger charge is -2.12. The van der Waals surface area contributed by atoms with E-state index in [1.54, 1.807) is 0 Å². The van der Waals surface area contributed by atoms with Crippen LogP contribution >= 0.6 is 0 Å².